The van der Waals surface area contributed by atoms with Crippen LogP contribution in [0.25, 0.3) is 0 Å². The van der Waals surface area contributed by atoms with Crippen molar-refractivity contribution in [3.8, 4) is 0 Å². The van der Waals surface area contributed by atoms with Gasteiger partial charge >= 0.3 is 0 Å². The van der Waals surface area contributed by atoms with Gasteiger partial charge in [-0.3, -0.25) is 0 Å². The average Bonchev–Trinajstić information content (AvgIpc) is 1.93. The van der Waals surface area contributed by atoms with Gasteiger partial charge in [-0.05, 0) is 0 Å². The van der Waals surface area contributed by atoms with Crippen molar-refractivity contribution >= 4 is 0 Å². The van der Waals surface area contributed by atoms with E-state index in [0.717, 1.165) is 0 Å². The molecule has 1 heterocycles. The zero-order valence-electron chi connectivity index (χ0n) is 5.21. The Morgan fingerprint density at radius 3 is 2.10 bits per heavy atom. The Morgan fingerprint density at radius 1 is 1.00 bits per heavy atom. The summed E-state index contributed by atoms with van der Waals surface area (Å²) < 4.78 is 4.47. The Morgan fingerprint density at radius 2 is 1.60 bits per heavy atom. The standard InChI is InChI=1S/C5H10O5/c6-2-1-10-5(9)4(8)3(2)7/h2-9H,1H2/t2-,3?,4+,5+/m1/s1. The smallest absolute Gasteiger partial charge is 0.183 e. The topological polar surface area (TPSA) is 90.2 Å². The summed E-state index contributed by atoms with van der Waals surface area (Å²) in [4.78, 5) is 0. The highest BCUT2D eigenvalue weighted by molar-refractivity contribution is 4.81. The van der Waals surface area contributed by atoms with Crippen molar-refractivity contribution in [1.29, 1.82) is 0 Å². The van der Waals surface area contributed by atoms with Crippen molar-refractivity contribution in [1.82, 2.24) is 0 Å². The van der Waals surface area contributed by atoms with E-state index in [9.17, 15) is 0 Å². The van der Waals surface area contributed by atoms with Crippen molar-refractivity contribution in [3.63, 3.8) is 0 Å². The number of hydrogen-bond acceptors (Lipinski definition) is 5. The third-order valence-corrected chi connectivity index (χ3v) is 1.47. The summed E-state index contributed by atoms with van der Waals surface area (Å²) in [6.45, 7) is -0.153. The first-order valence-corrected chi connectivity index (χ1v) is 2.97. The largest absolute Gasteiger partial charge is 0.388 e. The number of aliphatic hydroxyl groups excluding tert-OH is 4. The Balaban J connectivity index is 2.52. The maximum Gasteiger partial charge on any atom is 0.183 e. The Bertz CT molecular complexity index is 103. The fraction of sp³-hybridized carbons (Fsp3) is 1.00. The molecule has 0 aromatic carbocycles. The van der Waals surface area contributed by atoms with Crippen LogP contribution in [0.1, 0.15) is 0 Å². The van der Waals surface area contributed by atoms with Gasteiger partial charge in [0.1, 0.15) is 18.3 Å². The highest BCUT2D eigenvalue weighted by Crippen LogP contribution is 2.12. The maximum absolute atomic E-state index is 8.88. The van der Waals surface area contributed by atoms with Crippen LogP contribution in [-0.4, -0.2) is 51.6 Å². The predicted octanol–water partition coefficient (Wildman–Crippen LogP) is -2.58. The van der Waals surface area contributed by atoms with Gasteiger partial charge in [0.2, 0.25) is 0 Å². The maximum atomic E-state index is 8.88. The quantitative estimate of drug-likeness (QED) is 0.304. The van der Waals surface area contributed by atoms with Crippen molar-refractivity contribution in [2.75, 3.05) is 6.61 Å². The van der Waals surface area contributed by atoms with Gasteiger partial charge in [0, 0.05) is 0 Å². The first-order chi connectivity index (χ1) is 4.63. The molecule has 0 aromatic rings. The van der Waals surface area contributed by atoms with E-state index in [2.05, 4.69) is 4.74 Å². The molecule has 60 valence electrons. The van der Waals surface area contributed by atoms with E-state index in [1.807, 2.05) is 0 Å². The molecule has 1 aliphatic rings. The van der Waals surface area contributed by atoms with E-state index in [4.69, 9.17) is 20.4 Å². The van der Waals surface area contributed by atoms with Crippen LogP contribution in [0.3, 0.4) is 0 Å². The molecule has 1 unspecified atom stereocenters. The summed E-state index contributed by atoms with van der Waals surface area (Å²) in [6.07, 6.45) is -5.23. The lowest BCUT2D eigenvalue weighted by atomic mass is 10.1. The summed E-state index contributed by atoms with van der Waals surface area (Å²) >= 11 is 0. The van der Waals surface area contributed by atoms with E-state index in [1.54, 1.807) is 0 Å². The normalized spacial score (nSPS) is 49.2. The number of hydrogen-bond donors (Lipinski definition) is 4. The van der Waals surface area contributed by atoms with Crippen LogP contribution in [0.2, 0.25) is 0 Å². The molecule has 1 rings (SSSR count). The first-order valence-electron chi connectivity index (χ1n) is 2.97. The minimum absolute atomic E-state index is 0.153. The predicted molar refractivity (Wildman–Crippen MR) is 30.0 cm³/mol. The van der Waals surface area contributed by atoms with Crippen LogP contribution < -0.4 is 0 Å². The third-order valence-electron chi connectivity index (χ3n) is 1.47. The third kappa shape index (κ3) is 1.28. The molecule has 1 aliphatic heterocycles. The fourth-order valence-electron chi connectivity index (χ4n) is 0.791. The zero-order chi connectivity index (χ0) is 7.72. The van der Waals surface area contributed by atoms with Gasteiger partial charge in [0.25, 0.3) is 0 Å². The molecule has 0 amide bonds. The highest BCUT2D eigenvalue weighted by Gasteiger charge is 2.36. The Hall–Kier alpha value is -0.200. The Kier molecular flexibility index (Phi) is 2.22. The van der Waals surface area contributed by atoms with Crippen LogP contribution >= 0.6 is 0 Å². The molecule has 4 N–H and O–H groups in total. The van der Waals surface area contributed by atoms with E-state index in [0.29, 0.717) is 0 Å². The Labute approximate surface area is 57.5 Å². The van der Waals surface area contributed by atoms with Crippen LogP contribution in [0.15, 0.2) is 0 Å². The summed E-state index contributed by atoms with van der Waals surface area (Å²) in [7, 11) is 0. The second-order valence-electron chi connectivity index (χ2n) is 2.27. The monoisotopic (exact) mass is 150 g/mol. The molecule has 0 spiro atoms. The number of aliphatic hydroxyl groups is 4. The zero-order valence-corrected chi connectivity index (χ0v) is 5.21. The van der Waals surface area contributed by atoms with Gasteiger partial charge in [0.05, 0.1) is 6.61 Å². The molecule has 0 aromatic heterocycles. The molecule has 10 heavy (non-hydrogen) atoms. The highest BCUT2D eigenvalue weighted by atomic mass is 16.6. The second kappa shape index (κ2) is 2.81. The van der Waals surface area contributed by atoms with Crippen molar-refractivity contribution in [2.45, 2.75) is 24.6 Å². The van der Waals surface area contributed by atoms with E-state index < -0.39 is 24.6 Å². The van der Waals surface area contributed by atoms with E-state index >= 15 is 0 Å². The molecular weight excluding hydrogens is 140 g/mol. The summed E-state index contributed by atoms with van der Waals surface area (Å²) in [5.41, 5.74) is 0. The molecule has 0 aliphatic carbocycles. The fourth-order valence-corrected chi connectivity index (χ4v) is 0.791. The van der Waals surface area contributed by atoms with Crippen LogP contribution in [0.4, 0.5) is 0 Å². The SMILES string of the molecule is OC1[C@H](O)CO[C@H](O)[C@H]1O. The minimum atomic E-state index is -1.41. The summed E-state index contributed by atoms with van der Waals surface area (Å²) in [5, 5.41) is 35.3. The molecule has 5 nitrogen and oxygen atoms in total. The molecule has 0 radical (unpaired) electrons. The van der Waals surface area contributed by atoms with Crippen molar-refractivity contribution in [3.05, 3.63) is 0 Å². The van der Waals surface area contributed by atoms with Crippen molar-refractivity contribution in [2.24, 2.45) is 0 Å². The minimum Gasteiger partial charge on any atom is -0.388 e. The van der Waals surface area contributed by atoms with Gasteiger partial charge in [-0.1, -0.05) is 0 Å². The van der Waals surface area contributed by atoms with Gasteiger partial charge in [-0.15, -0.1) is 0 Å². The lowest BCUT2D eigenvalue weighted by molar-refractivity contribution is -0.252. The van der Waals surface area contributed by atoms with Crippen molar-refractivity contribution < 1.29 is 25.2 Å². The van der Waals surface area contributed by atoms with Crippen LogP contribution in [0, 0.1) is 0 Å². The van der Waals surface area contributed by atoms with Gasteiger partial charge < -0.3 is 25.2 Å². The number of rotatable bonds is 0. The molecule has 1 fully saturated rings. The van der Waals surface area contributed by atoms with E-state index in [-0.39, 0.29) is 6.61 Å². The first kappa shape index (κ1) is 7.90. The average molecular weight is 150 g/mol. The summed E-state index contributed by atoms with van der Waals surface area (Å²) in [6, 6.07) is 0. The van der Waals surface area contributed by atoms with Gasteiger partial charge in [-0.2, -0.15) is 0 Å². The number of ether oxygens (including phenoxy) is 1. The molecule has 1 saturated heterocycles. The van der Waals surface area contributed by atoms with Gasteiger partial charge in [0.15, 0.2) is 6.29 Å². The lowest BCUT2D eigenvalue weighted by Gasteiger charge is -2.31. The van der Waals surface area contributed by atoms with Gasteiger partial charge in [-0.25, -0.2) is 0 Å². The molecule has 4 atom stereocenters. The summed E-state index contributed by atoms with van der Waals surface area (Å²) in [5.74, 6) is 0. The van der Waals surface area contributed by atoms with Crippen LogP contribution in [-0.2, 0) is 4.74 Å². The van der Waals surface area contributed by atoms with Crippen LogP contribution in [0.5, 0.6) is 0 Å². The molecule has 5 heteroatoms. The molecule has 0 saturated carbocycles. The molecule has 0 bridgehead atoms. The van der Waals surface area contributed by atoms with E-state index in [1.165, 1.54) is 0 Å². The second-order valence-corrected chi connectivity index (χ2v) is 2.27. The lowest BCUT2D eigenvalue weighted by Crippen LogP contribution is -2.52. The molecular formula is C5H10O5.